The van der Waals surface area contributed by atoms with Gasteiger partial charge in [-0.2, -0.15) is 5.26 Å². The van der Waals surface area contributed by atoms with Crippen molar-refractivity contribution in [2.24, 2.45) is 0 Å². The minimum Gasteiger partial charge on any atom is -0.497 e. The largest absolute Gasteiger partial charge is 0.497 e. The highest BCUT2D eigenvalue weighted by Crippen LogP contribution is 2.52. The van der Waals surface area contributed by atoms with Crippen LogP contribution in [0.25, 0.3) is 0 Å². The number of aryl methyl sites for hydroxylation is 1. The number of benzene rings is 2. The summed E-state index contributed by atoms with van der Waals surface area (Å²) in [6.45, 7) is 1.97. The maximum absolute atomic E-state index is 13.3. The number of methoxy groups -OCH3 is 2. The normalized spacial score (nSPS) is 23.2. The molecule has 154 valence electrons. The molecule has 2 aromatic carbocycles. The average molecular weight is 423 g/mol. The van der Waals surface area contributed by atoms with E-state index >= 15 is 0 Å². The Morgan fingerprint density at radius 1 is 1.20 bits per heavy atom. The molecule has 30 heavy (non-hydrogen) atoms. The molecule has 0 aromatic heterocycles. The van der Waals surface area contributed by atoms with E-state index in [1.54, 1.807) is 32.4 Å². The fraction of sp³-hybridized carbons (Fsp3) is 0.304. The van der Waals surface area contributed by atoms with E-state index in [4.69, 9.17) is 9.47 Å². The number of amides is 1. The van der Waals surface area contributed by atoms with Crippen molar-refractivity contribution in [3.8, 4) is 17.6 Å². The van der Waals surface area contributed by atoms with Crippen LogP contribution in [-0.2, 0) is 10.5 Å². The topological polar surface area (TPSA) is 82.8 Å². The molecule has 6 nitrogen and oxygen atoms in total. The fourth-order valence-electron chi connectivity index (χ4n) is 4.04. The van der Waals surface area contributed by atoms with E-state index in [2.05, 4.69) is 6.07 Å². The molecule has 7 heteroatoms. The minimum atomic E-state index is -1.48. The first kappa shape index (κ1) is 20.3. The number of aliphatic hydroxyl groups is 1. The van der Waals surface area contributed by atoms with Crippen molar-refractivity contribution < 1.29 is 19.4 Å². The van der Waals surface area contributed by atoms with Gasteiger partial charge in [-0.05, 0) is 25.1 Å². The molecule has 1 amide bonds. The summed E-state index contributed by atoms with van der Waals surface area (Å²) in [5, 5.41) is 22.0. The highest BCUT2D eigenvalue weighted by atomic mass is 32.2. The van der Waals surface area contributed by atoms with Crippen molar-refractivity contribution in [3.63, 3.8) is 0 Å². The van der Waals surface area contributed by atoms with Crippen molar-refractivity contribution in [3.05, 3.63) is 69.8 Å². The molecule has 0 unspecified atom stereocenters. The number of nitrogens with zero attached hydrogens (tertiary/aromatic N) is 2. The van der Waals surface area contributed by atoms with Crippen molar-refractivity contribution in [1.82, 2.24) is 4.90 Å². The van der Waals surface area contributed by atoms with Gasteiger partial charge in [-0.1, -0.05) is 29.8 Å². The average Bonchev–Trinajstić information content (AvgIpc) is 3.12. The van der Waals surface area contributed by atoms with E-state index in [0.29, 0.717) is 27.7 Å². The highest BCUT2D eigenvalue weighted by molar-refractivity contribution is 8.03. The Morgan fingerprint density at radius 3 is 2.57 bits per heavy atom. The van der Waals surface area contributed by atoms with Gasteiger partial charge in [-0.25, -0.2) is 0 Å². The van der Waals surface area contributed by atoms with E-state index < -0.39 is 11.6 Å². The van der Waals surface area contributed by atoms with Crippen molar-refractivity contribution in [2.45, 2.75) is 25.0 Å². The predicted molar refractivity (Wildman–Crippen MR) is 114 cm³/mol. The lowest BCUT2D eigenvalue weighted by atomic mass is 9.84. The van der Waals surface area contributed by atoms with Crippen LogP contribution in [0.4, 0.5) is 0 Å². The lowest BCUT2D eigenvalue weighted by Crippen LogP contribution is -2.48. The third-order valence-corrected chi connectivity index (χ3v) is 6.86. The predicted octanol–water partition coefficient (Wildman–Crippen LogP) is 3.66. The van der Waals surface area contributed by atoms with Crippen molar-refractivity contribution in [1.29, 1.82) is 5.26 Å². The Balaban J connectivity index is 1.83. The number of ether oxygens (including phenoxy) is 2. The SMILES string of the molecule is COc1ccc(OC)c([C@@H]2CC(=O)N3C(=C2C#N)SC[C@@]3(O)c2ccc(C)cc2)c1. The molecule has 0 saturated carbocycles. The third-order valence-electron chi connectivity index (χ3n) is 5.64. The molecule has 1 N–H and O–H groups in total. The molecule has 0 bridgehead atoms. The lowest BCUT2D eigenvalue weighted by molar-refractivity contribution is -0.149. The number of nitriles is 1. The zero-order chi connectivity index (χ0) is 21.5. The number of hydrogen-bond acceptors (Lipinski definition) is 6. The Morgan fingerprint density at radius 2 is 1.93 bits per heavy atom. The first-order valence-electron chi connectivity index (χ1n) is 9.54. The van der Waals surface area contributed by atoms with Gasteiger partial charge in [0.2, 0.25) is 5.91 Å². The second-order valence-corrected chi connectivity index (χ2v) is 8.36. The number of rotatable bonds is 4. The number of allylic oxidation sites excluding steroid dienone is 1. The summed E-state index contributed by atoms with van der Waals surface area (Å²) < 4.78 is 10.8. The first-order chi connectivity index (χ1) is 14.4. The van der Waals surface area contributed by atoms with E-state index in [0.717, 1.165) is 11.1 Å². The van der Waals surface area contributed by atoms with Gasteiger partial charge in [0.15, 0.2) is 5.72 Å². The van der Waals surface area contributed by atoms with Crippen LogP contribution in [0.15, 0.2) is 53.1 Å². The van der Waals surface area contributed by atoms with Crippen molar-refractivity contribution in [2.75, 3.05) is 20.0 Å². The molecule has 2 aliphatic heterocycles. The second kappa shape index (κ2) is 7.71. The number of carbonyl (C=O) groups excluding carboxylic acids is 1. The summed E-state index contributed by atoms with van der Waals surface area (Å²) >= 11 is 1.33. The van der Waals surface area contributed by atoms with E-state index in [1.165, 1.54) is 16.7 Å². The van der Waals surface area contributed by atoms with Crippen LogP contribution in [0.3, 0.4) is 0 Å². The number of hydrogen-bond donors (Lipinski definition) is 1. The van der Waals surface area contributed by atoms with E-state index in [-0.39, 0.29) is 18.1 Å². The Bertz CT molecular complexity index is 1070. The quantitative estimate of drug-likeness (QED) is 0.810. The van der Waals surface area contributed by atoms with Crippen LogP contribution in [0.2, 0.25) is 0 Å². The number of thioether (sulfide) groups is 1. The van der Waals surface area contributed by atoms with Gasteiger partial charge < -0.3 is 14.6 Å². The first-order valence-corrected chi connectivity index (χ1v) is 10.5. The molecule has 0 aliphatic carbocycles. The van der Waals surface area contributed by atoms with Gasteiger partial charge >= 0.3 is 0 Å². The van der Waals surface area contributed by atoms with E-state index in [1.807, 2.05) is 31.2 Å². The van der Waals surface area contributed by atoms with Crippen LogP contribution in [0, 0.1) is 18.3 Å². The van der Waals surface area contributed by atoms with Gasteiger partial charge in [-0.3, -0.25) is 9.69 Å². The molecule has 2 aromatic rings. The summed E-state index contributed by atoms with van der Waals surface area (Å²) in [5.74, 6) is 0.786. The summed E-state index contributed by atoms with van der Waals surface area (Å²) in [5.41, 5.74) is 1.40. The monoisotopic (exact) mass is 422 g/mol. The molecule has 1 fully saturated rings. The molecular weight excluding hydrogens is 400 g/mol. The molecule has 1 saturated heterocycles. The Labute approximate surface area is 179 Å². The van der Waals surface area contributed by atoms with Gasteiger partial charge in [0.25, 0.3) is 0 Å². The van der Waals surface area contributed by atoms with Gasteiger partial charge in [0.05, 0.1) is 36.6 Å². The molecule has 0 radical (unpaired) electrons. The van der Waals surface area contributed by atoms with Gasteiger partial charge in [0, 0.05) is 23.5 Å². The maximum Gasteiger partial charge on any atom is 0.231 e. The zero-order valence-corrected chi connectivity index (χ0v) is 17.8. The zero-order valence-electron chi connectivity index (χ0n) is 17.0. The van der Waals surface area contributed by atoms with Crippen LogP contribution < -0.4 is 9.47 Å². The summed E-state index contributed by atoms with van der Waals surface area (Å²) in [7, 11) is 3.12. The summed E-state index contributed by atoms with van der Waals surface area (Å²) in [6.07, 6.45) is 0.0602. The molecule has 2 atom stereocenters. The van der Waals surface area contributed by atoms with Crippen LogP contribution in [0.5, 0.6) is 11.5 Å². The van der Waals surface area contributed by atoms with Crippen LogP contribution >= 0.6 is 11.8 Å². The van der Waals surface area contributed by atoms with Gasteiger partial charge in [0.1, 0.15) is 11.5 Å². The maximum atomic E-state index is 13.3. The summed E-state index contributed by atoms with van der Waals surface area (Å²) in [6, 6.07) is 15.1. The van der Waals surface area contributed by atoms with E-state index in [9.17, 15) is 15.2 Å². The smallest absolute Gasteiger partial charge is 0.231 e. The second-order valence-electron chi connectivity index (χ2n) is 7.40. The molecule has 2 aliphatic rings. The van der Waals surface area contributed by atoms with Crippen LogP contribution in [0.1, 0.15) is 29.0 Å². The standard InChI is InChI=1S/C23H22N2O4S/c1-14-4-6-15(7-5-14)23(27)13-30-22-19(12-24)17(11-21(26)25(22)23)18-10-16(28-2)8-9-20(18)29-3/h4-10,17,27H,11,13H2,1-3H3/t17-,23+/m0/s1. The fourth-order valence-corrected chi connectivity index (χ4v) is 5.40. The number of carbonyl (C=O) groups is 1. The molecule has 2 heterocycles. The highest BCUT2D eigenvalue weighted by Gasteiger charge is 2.52. The molecular formula is C23H22N2O4S. The Kier molecular flexibility index (Phi) is 5.22. The summed E-state index contributed by atoms with van der Waals surface area (Å²) in [4.78, 5) is 14.7. The van der Waals surface area contributed by atoms with Crippen LogP contribution in [-0.4, -0.2) is 35.9 Å². The Hall–Kier alpha value is -2.95. The minimum absolute atomic E-state index is 0.0602. The van der Waals surface area contributed by atoms with Crippen molar-refractivity contribution >= 4 is 17.7 Å². The third kappa shape index (κ3) is 3.13. The molecule has 0 spiro atoms. The van der Waals surface area contributed by atoms with Gasteiger partial charge in [-0.15, -0.1) is 11.8 Å². The number of fused-ring (bicyclic) bond motifs is 1. The molecule has 4 rings (SSSR count). The lowest BCUT2D eigenvalue weighted by Gasteiger charge is -2.38.